The molecule has 0 atom stereocenters. The molecule has 0 aliphatic carbocycles. The summed E-state index contributed by atoms with van der Waals surface area (Å²) in [6.45, 7) is 0. The van der Waals surface area contributed by atoms with Crippen LogP contribution in [0.4, 0.5) is 5.69 Å². The number of nitrogens with zero attached hydrogens (tertiary/aromatic N) is 1. The zero-order valence-corrected chi connectivity index (χ0v) is 13.3. The number of hydrogen-bond acceptors (Lipinski definition) is 3. The molecule has 0 bridgehead atoms. The number of carbonyl (C=O) groups is 1. The molecule has 0 unspecified atom stereocenters. The summed E-state index contributed by atoms with van der Waals surface area (Å²) >= 11 is 0. The Labute approximate surface area is 141 Å². The summed E-state index contributed by atoms with van der Waals surface area (Å²) in [4.78, 5) is 17.5. The van der Waals surface area contributed by atoms with Crippen molar-refractivity contribution in [3.63, 3.8) is 0 Å². The average molecular weight is 315 g/mol. The Morgan fingerprint density at radius 1 is 0.792 bits per heavy atom. The SMILES string of the molecule is COc1cccc(N=C(C(=O)c2ccccc2)c2ccccc2)c1. The number of ether oxygens (including phenoxy) is 1. The number of benzene rings is 3. The summed E-state index contributed by atoms with van der Waals surface area (Å²) in [6.07, 6.45) is 0. The van der Waals surface area contributed by atoms with E-state index in [9.17, 15) is 4.79 Å². The lowest BCUT2D eigenvalue weighted by atomic mass is 10.0. The molecule has 0 fully saturated rings. The maximum absolute atomic E-state index is 12.9. The number of methoxy groups -OCH3 is 1. The fourth-order valence-electron chi connectivity index (χ4n) is 2.38. The zero-order valence-electron chi connectivity index (χ0n) is 13.3. The molecule has 0 aromatic heterocycles. The van der Waals surface area contributed by atoms with Gasteiger partial charge < -0.3 is 4.74 Å². The van der Waals surface area contributed by atoms with E-state index in [-0.39, 0.29) is 5.78 Å². The summed E-state index contributed by atoms with van der Waals surface area (Å²) in [5, 5.41) is 0. The molecule has 3 rings (SSSR count). The van der Waals surface area contributed by atoms with Gasteiger partial charge in [0.15, 0.2) is 0 Å². The van der Waals surface area contributed by atoms with Gasteiger partial charge in [0.1, 0.15) is 11.5 Å². The van der Waals surface area contributed by atoms with Gasteiger partial charge in [-0.3, -0.25) is 4.79 Å². The van der Waals surface area contributed by atoms with E-state index in [1.807, 2.05) is 66.7 Å². The van der Waals surface area contributed by atoms with Crippen molar-refractivity contribution < 1.29 is 9.53 Å². The normalized spacial score (nSPS) is 11.1. The van der Waals surface area contributed by atoms with E-state index in [0.29, 0.717) is 22.7 Å². The number of aliphatic imine (C=N–C) groups is 1. The van der Waals surface area contributed by atoms with Crippen LogP contribution in [0.2, 0.25) is 0 Å². The van der Waals surface area contributed by atoms with Gasteiger partial charge in [0.05, 0.1) is 12.8 Å². The smallest absolute Gasteiger partial charge is 0.211 e. The largest absolute Gasteiger partial charge is 0.497 e. The Morgan fingerprint density at radius 3 is 2.04 bits per heavy atom. The van der Waals surface area contributed by atoms with Crippen LogP contribution in [0.1, 0.15) is 15.9 Å². The molecular weight excluding hydrogens is 298 g/mol. The van der Waals surface area contributed by atoms with E-state index in [2.05, 4.69) is 4.99 Å². The fraction of sp³-hybridized carbons (Fsp3) is 0.0476. The van der Waals surface area contributed by atoms with Gasteiger partial charge in [-0.2, -0.15) is 0 Å². The number of hydrogen-bond donors (Lipinski definition) is 0. The molecule has 0 N–H and O–H groups in total. The van der Waals surface area contributed by atoms with E-state index < -0.39 is 0 Å². The van der Waals surface area contributed by atoms with Gasteiger partial charge in [-0.05, 0) is 12.1 Å². The topological polar surface area (TPSA) is 38.7 Å². The molecule has 0 amide bonds. The maximum Gasteiger partial charge on any atom is 0.211 e. The first kappa shape index (κ1) is 15.7. The second kappa shape index (κ2) is 7.38. The standard InChI is InChI=1S/C21H17NO2/c1-24-19-14-8-13-18(15-19)22-20(16-9-4-2-5-10-16)21(23)17-11-6-3-7-12-17/h2-15H,1H3. The minimum Gasteiger partial charge on any atom is -0.497 e. The van der Waals surface area contributed by atoms with Crippen molar-refractivity contribution in [2.45, 2.75) is 0 Å². The van der Waals surface area contributed by atoms with E-state index in [1.165, 1.54) is 0 Å². The van der Waals surface area contributed by atoms with Gasteiger partial charge in [0.2, 0.25) is 5.78 Å². The molecule has 3 aromatic rings. The summed E-state index contributed by atoms with van der Waals surface area (Å²) in [7, 11) is 1.61. The fourth-order valence-corrected chi connectivity index (χ4v) is 2.38. The number of ketones is 1. The highest BCUT2D eigenvalue weighted by atomic mass is 16.5. The first-order valence-electron chi connectivity index (χ1n) is 7.66. The van der Waals surface area contributed by atoms with Gasteiger partial charge >= 0.3 is 0 Å². The van der Waals surface area contributed by atoms with Crippen molar-refractivity contribution in [1.29, 1.82) is 0 Å². The lowest BCUT2D eigenvalue weighted by Crippen LogP contribution is -2.15. The molecule has 24 heavy (non-hydrogen) atoms. The molecule has 0 radical (unpaired) electrons. The third-order valence-corrected chi connectivity index (χ3v) is 3.59. The van der Waals surface area contributed by atoms with Crippen molar-refractivity contribution >= 4 is 17.2 Å². The molecule has 0 saturated heterocycles. The molecule has 0 aliphatic heterocycles. The highest BCUT2D eigenvalue weighted by Crippen LogP contribution is 2.21. The highest BCUT2D eigenvalue weighted by Gasteiger charge is 2.16. The Kier molecular flexibility index (Phi) is 4.82. The third kappa shape index (κ3) is 3.58. The Morgan fingerprint density at radius 2 is 1.42 bits per heavy atom. The minimum atomic E-state index is -0.107. The van der Waals surface area contributed by atoms with Crippen LogP contribution in [0.5, 0.6) is 5.75 Å². The molecule has 3 nitrogen and oxygen atoms in total. The molecular formula is C21H17NO2. The predicted molar refractivity (Wildman–Crippen MR) is 96.4 cm³/mol. The van der Waals surface area contributed by atoms with E-state index in [1.54, 1.807) is 25.3 Å². The summed E-state index contributed by atoms with van der Waals surface area (Å²) in [5.74, 6) is 0.598. The van der Waals surface area contributed by atoms with Crippen molar-refractivity contribution in [2.75, 3.05) is 7.11 Å². The van der Waals surface area contributed by atoms with Crippen molar-refractivity contribution in [2.24, 2.45) is 4.99 Å². The van der Waals surface area contributed by atoms with Gasteiger partial charge in [0.25, 0.3) is 0 Å². The monoisotopic (exact) mass is 315 g/mol. The lowest BCUT2D eigenvalue weighted by Gasteiger charge is -2.07. The summed E-state index contributed by atoms with van der Waals surface area (Å²) in [6, 6.07) is 26.0. The Hall–Kier alpha value is -3.20. The zero-order chi connectivity index (χ0) is 16.8. The van der Waals surface area contributed by atoms with Crippen LogP contribution in [0.15, 0.2) is 89.9 Å². The van der Waals surface area contributed by atoms with Crippen LogP contribution >= 0.6 is 0 Å². The lowest BCUT2D eigenvalue weighted by molar-refractivity contribution is 0.106. The van der Waals surface area contributed by atoms with Crippen LogP contribution in [-0.2, 0) is 0 Å². The third-order valence-electron chi connectivity index (χ3n) is 3.59. The second-order valence-corrected chi connectivity index (χ2v) is 5.22. The highest BCUT2D eigenvalue weighted by molar-refractivity contribution is 6.51. The number of Topliss-reactive ketones (excluding diaryl/α,β-unsaturated/α-hetero) is 1. The molecule has 0 aliphatic rings. The van der Waals surface area contributed by atoms with Crippen LogP contribution in [0.25, 0.3) is 0 Å². The van der Waals surface area contributed by atoms with Crippen LogP contribution in [0, 0.1) is 0 Å². The average Bonchev–Trinajstić information content (AvgIpc) is 2.67. The Balaban J connectivity index is 2.08. The first-order valence-corrected chi connectivity index (χ1v) is 7.66. The molecule has 3 aromatic carbocycles. The molecule has 0 spiro atoms. The van der Waals surface area contributed by atoms with E-state index >= 15 is 0 Å². The van der Waals surface area contributed by atoms with Crippen molar-refractivity contribution in [3.05, 3.63) is 96.1 Å². The maximum atomic E-state index is 12.9. The molecule has 0 saturated carbocycles. The van der Waals surface area contributed by atoms with Crippen LogP contribution in [0.3, 0.4) is 0 Å². The van der Waals surface area contributed by atoms with Crippen LogP contribution in [-0.4, -0.2) is 18.6 Å². The van der Waals surface area contributed by atoms with E-state index in [4.69, 9.17) is 4.74 Å². The summed E-state index contributed by atoms with van der Waals surface area (Å²) in [5.41, 5.74) is 2.49. The Bertz CT molecular complexity index is 855. The quantitative estimate of drug-likeness (QED) is 0.505. The predicted octanol–water partition coefficient (Wildman–Crippen LogP) is 4.70. The van der Waals surface area contributed by atoms with Gasteiger partial charge in [-0.15, -0.1) is 0 Å². The second-order valence-electron chi connectivity index (χ2n) is 5.22. The first-order chi connectivity index (χ1) is 11.8. The van der Waals surface area contributed by atoms with Crippen molar-refractivity contribution in [3.8, 4) is 5.75 Å². The van der Waals surface area contributed by atoms with E-state index in [0.717, 1.165) is 5.56 Å². The van der Waals surface area contributed by atoms with Crippen molar-refractivity contribution in [1.82, 2.24) is 0 Å². The molecule has 0 heterocycles. The minimum absolute atomic E-state index is 0.107. The van der Waals surface area contributed by atoms with Gasteiger partial charge in [-0.25, -0.2) is 4.99 Å². The summed E-state index contributed by atoms with van der Waals surface area (Å²) < 4.78 is 5.23. The number of rotatable bonds is 5. The number of carbonyl (C=O) groups excluding carboxylic acids is 1. The van der Waals surface area contributed by atoms with Gasteiger partial charge in [0, 0.05) is 17.2 Å². The van der Waals surface area contributed by atoms with Crippen LogP contribution < -0.4 is 4.74 Å². The molecule has 3 heteroatoms. The van der Waals surface area contributed by atoms with Gasteiger partial charge in [-0.1, -0.05) is 66.7 Å². The molecule has 118 valence electrons.